The number of aromatic carboxylic acids is 1. The van der Waals surface area contributed by atoms with Crippen molar-refractivity contribution in [2.75, 3.05) is 55.9 Å². The summed E-state index contributed by atoms with van der Waals surface area (Å²) in [5.74, 6) is 5.29. The molecule has 2 saturated carbocycles. The molecule has 3 aliphatic carbocycles. The minimum Gasteiger partial charge on any atom is -0.479 e. The van der Waals surface area contributed by atoms with Gasteiger partial charge in [-0.15, -0.1) is 10.2 Å². The number of rotatable bonds is 11. The number of carboxylic acids is 1. The third-order valence-corrected chi connectivity index (χ3v) is 12.4. The molecule has 0 aromatic carbocycles. The van der Waals surface area contributed by atoms with Crippen molar-refractivity contribution in [2.45, 2.75) is 58.7 Å². The highest BCUT2D eigenvalue weighted by molar-refractivity contribution is 5.96. The van der Waals surface area contributed by atoms with Crippen LogP contribution in [0.5, 0.6) is 11.8 Å². The summed E-state index contributed by atoms with van der Waals surface area (Å²) in [6.45, 7) is 9.48. The molecule has 58 heavy (non-hydrogen) atoms. The van der Waals surface area contributed by atoms with Gasteiger partial charge >= 0.3 is 5.97 Å². The lowest BCUT2D eigenvalue weighted by Crippen LogP contribution is -2.27. The number of aromatic nitrogens is 7. The Morgan fingerprint density at radius 3 is 1.79 bits per heavy atom. The van der Waals surface area contributed by atoms with E-state index in [0.717, 1.165) is 108 Å². The summed E-state index contributed by atoms with van der Waals surface area (Å²) in [6, 6.07) is 10.1. The van der Waals surface area contributed by atoms with E-state index < -0.39 is 5.97 Å². The van der Waals surface area contributed by atoms with Gasteiger partial charge in [0.15, 0.2) is 0 Å². The number of hydrogen-bond donors (Lipinski definition) is 3. The van der Waals surface area contributed by atoms with Gasteiger partial charge in [0.05, 0.1) is 33.4 Å². The number of carbonyl (C=O) groups excluding carboxylic acids is 1. The molecule has 5 atom stereocenters. The van der Waals surface area contributed by atoms with Crippen LogP contribution >= 0.6 is 0 Å². The van der Waals surface area contributed by atoms with Crippen molar-refractivity contribution in [2.24, 2.45) is 23.7 Å². The van der Waals surface area contributed by atoms with Crippen molar-refractivity contribution in [1.82, 2.24) is 39.8 Å². The third-order valence-electron chi connectivity index (χ3n) is 12.4. The fourth-order valence-electron chi connectivity index (χ4n) is 8.89. The van der Waals surface area contributed by atoms with Crippen LogP contribution in [0.15, 0.2) is 48.9 Å². The minimum atomic E-state index is -1.05. The number of anilines is 3. The fraction of sp³-hybridized carbons (Fsp3) is 0.452. The zero-order chi connectivity index (χ0) is 40.2. The molecule has 2 saturated heterocycles. The second kappa shape index (κ2) is 15.0. The standard InChI is InChI=1S/C25H29N7O2.C17H20N4O3/c1-14-15(3-6-22(28-14)31-10-16-9-17(16)11-31)12-32-13-20(25(30-32)34-2)24(33)29-21-5-4-19-18(21)7-8-27-23(19)26;1-10-11(8-21-9-14(17(22)23)16(19-21)24-2)3-4-15(18-10)20-6-12-5-13(12)7-20/h3,6-8,13,16-17,21H,4-5,9-12H2,1-2H3,(H2,26,27)(H,29,33);3-4,9,12-13H,5-8H2,1-2H3,(H,22,23)/t16?,17?,21-;/m1./s1. The van der Waals surface area contributed by atoms with Crippen molar-refractivity contribution in [3.8, 4) is 11.8 Å². The average Bonchev–Trinajstić information content (AvgIpc) is 3.68. The molecular formula is C42H49N11O5. The highest BCUT2D eigenvalue weighted by atomic mass is 16.5. The zero-order valence-electron chi connectivity index (χ0n) is 33.3. The third kappa shape index (κ3) is 7.38. The van der Waals surface area contributed by atoms with Crippen LogP contribution in [0.25, 0.3) is 0 Å². The van der Waals surface area contributed by atoms with E-state index in [0.29, 0.717) is 30.4 Å². The SMILES string of the molecule is COc1nn(Cc2ccc(N3CC4CC4C3)nc2C)cc1C(=O)N[C@@H]1CCc2c1ccnc2N.COc1nn(Cc2ccc(N3CC4CC4C3)nc2C)cc1C(=O)O. The molecule has 4 N–H and O–H groups in total. The van der Waals surface area contributed by atoms with Crippen LogP contribution in [0.2, 0.25) is 0 Å². The number of pyridine rings is 3. The summed E-state index contributed by atoms with van der Waals surface area (Å²) in [4.78, 5) is 42.8. The molecule has 302 valence electrons. The number of carboxylic acid groups (broad SMARTS) is 1. The first-order chi connectivity index (χ1) is 28.0. The molecule has 4 unspecified atom stereocenters. The van der Waals surface area contributed by atoms with Gasteiger partial charge in [0, 0.05) is 56.2 Å². The Kier molecular flexibility index (Phi) is 9.64. The van der Waals surface area contributed by atoms with Gasteiger partial charge in [-0.05, 0) is 104 Å². The number of nitrogens with one attached hydrogen (secondary N) is 1. The highest BCUT2D eigenvalue weighted by Crippen LogP contribution is 2.47. The number of piperidine rings is 2. The van der Waals surface area contributed by atoms with Crippen LogP contribution in [0.3, 0.4) is 0 Å². The summed E-state index contributed by atoms with van der Waals surface area (Å²) >= 11 is 0. The number of nitrogens with zero attached hydrogens (tertiary/aromatic N) is 9. The zero-order valence-corrected chi connectivity index (χ0v) is 33.3. The lowest BCUT2D eigenvalue weighted by Gasteiger charge is -2.20. The molecule has 0 bridgehead atoms. The maximum atomic E-state index is 13.1. The normalized spacial score (nSPS) is 22.1. The Balaban J connectivity index is 0.000000160. The maximum absolute atomic E-state index is 13.1. The maximum Gasteiger partial charge on any atom is 0.342 e. The van der Waals surface area contributed by atoms with Crippen molar-refractivity contribution in [3.63, 3.8) is 0 Å². The molecule has 5 aliphatic rings. The number of fused-ring (bicyclic) bond motifs is 3. The second-order valence-corrected chi connectivity index (χ2v) is 16.3. The second-order valence-electron chi connectivity index (χ2n) is 16.3. The molecule has 5 aromatic heterocycles. The fourth-order valence-corrected chi connectivity index (χ4v) is 8.89. The van der Waals surface area contributed by atoms with Crippen LogP contribution in [0.1, 0.15) is 79.7 Å². The predicted octanol–water partition coefficient (Wildman–Crippen LogP) is 4.29. The Bertz CT molecular complexity index is 2370. The predicted molar refractivity (Wildman–Crippen MR) is 215 cm³/mol. The van der Waals surface area contributed by atoms with Gasteiger partial charge in [-0.1, -0.05) is 12.1 Å². The number of methoxy groups -OCH3 is 2. The Hall–Kier alpha value is -6.19. The van der Waals surface area contributed by atoms with E-state index >= 15 is 0 Å². The van der Waals surface area contributed by atoms with Crippen molar-refractivity contribution >= 4 is 29.3 Å². The number of hydrogen-bond acceptors (Lipinski definition) is 12. The molecule has 5 aromatic rings. The molecule has 4 fully saturated rings. The first-order valence-corrected chi connectivity index (χ1v) is 20.0. The van der Waals surface area contributed by atoms with Gasteiger partial charge in [-0.2, -0.15) is 0 Å². The van der Waals surface area contributed by atoms with Crippen LogP contribution in [0.4, 0.5) is 17.5 Å². The van der Waals surface area contributed by atoms with Gasteiger partial charge in [0.1, 0.15) is 28.6 Å². The van der Waals surface area contributed by atoms with Gasteiger partial charge in [0.25, 0.3) is 5.91 Å². The monoisotopic (exact) mass is 787 g/mol. The molecule has 7 heterocycles. The topological polar surface area (TPSA) is 192 Å². The molecule has 2 aliphatic heterocycles. The van der Waals surface area contributed by atoms with Crippen molar-refractivity contribution in [3.05, 3.63) is 93.7 Å². The van der Waals surface area contributed by atoms with Crippen LogP contribution in [-0.2, 0) is 19.5 Å². The largest absolute Gasteiger partial charge is 0.479 e. The average molecular weight is 788 g/mol. The Morgan fingerprint density at radius 2 is 1.31 bits per heavy atom. The van der Waals surface area contributed by atoms with Crippen molar-refractivity contribution < 1.29 is 24.2 Å². The van der Waals surface area contributed by atoms with Crippen LogP contribution in [-0.4, -0.2) is 91.9 Å². The first kappa shape index (κ1) is 37.4. The molecule has 1 amide bonds. The lowest BCUT2D eigenvalue weighted by atomic mass is 10.1. The summed E-state index contributed by atoms with van der Waals surface area (Å²) < 4.78 is 13.8. The van der Waals surface area contributed by atoms with E-state index in [4.69, 9.17) is 30.3 Å². The van der Waals surface area contributed by atoms with Gasteiger partial charge < -0.3 is 35.4 Å². The van der Waals surface area contributed by atoms with E-state index in [2.05, 4.69) is 48.5 Å². The van der Waals surface area contributed by atoms with Crippen LogP contribution in [0, 0.1) is 37.5 Å². The first-order valence-electron chi connectivity index (χ1n) is 20.0. The van der Waals surface area contributed by atoms with E-state index in [9.17, 15) is 9.59 Å². The van der Waals surface area contributed by atoms with E-state index in [1.807, 2.05) is 26.0 Å². The summed E-state index contributed by atoms with van der Waals surface area (Å²) in [5.41, 5.74) is 12.5. The van der Waals surface area contributed by atoms with Gasteiger partial charge in [-0.3, -0.25) is 14.2 Å². The lowest BCUT2D eigenvalue weighted by molar-refractivity contribution is 0.0693. The summed E-state index contributed by atoms with van der Waals surface area (Å²) in [5, 5.41) is 21.0. The molecule has 16 heteroatoms. The van der Waals surface area contributed by atoms with Crippen molar-refractivity contribution in [1.29, 1.82) is 0 Å². The van der Waals surface area contributed by atoms with E-state index in [1.54, 1.807) is 21.8 Å². The number of nitrogens with two attached hydrogens (primary N) is 1. The molecule has 16 nitrogen and oxygen atoms in total. The smallest absolute Gasteiger partial charge is 0.342 e. The Labute approximate surface area is 336 Å². The number of aryl methyl sites for hydroxylation is 2. The number of ether oxygens (including phenoxy) is 2. The minimum absolute atomic E-state index is 0.0658. The Morgan fingerprint density at radius 1 is 0.793 bits per heavy atom. The van der Waals surface area contributed by atoms with Crippen LogP contribution < -0.4 is 30.3 Å². The number of carbonyl (C=O) groups is 2. The van der Waals surface area contributed by atoms with Gasteiger partial charge in [-0.25, -0.2) is 19.7 Å². The van der Waals surface area contributed by atoms with Gasteiger partial charge in [0.2, 0.25) is 11.8 Å². The quantitative estimate of drug-likeness (QED) is 0.172. The van der Waals surface area contributed by atoms with E-state index in [-0.39, 0.29) is 23.4 Å². The molecule has 10 rings (SSSR count). The highest BCUT2D eigenvalue weighted by Gasteiger charge is 2.46. The summed E-state index contributed by atoms with van der Waals surface area (Å²) in [6.07, 6.45) is 9.27. The number of nitrogen functional groups attached to an aromatic ring is 1. The van der Waals surface area contributed by atoms with E-state index in [1.165, 1.54) is 33.3 Å². The molecule has 0 radical (unpaired) electrons. The molecular weight excluding hydrogens is 739 g/mol. The molecule has 0 spiro atoms. The summed E-state index contributed by atoms with van der Waals surface area (Å²) in [7, 11) is 2.95. The number of amides is 1.